The Balaban J connectivity index is 1.21. The molecule has 2 nitrogen and oxygen atoms in total. The zero-order valence-electron chi connectivity index (χ0n) is 39.5. The Morgan fingerprint density at radius 2 is 1.00 bits per heavy atom. The number of nitrogens with zero attached hydrogens (tertiary/aromatic N) is 2. The Hall–Kier alpha value is -5.80. The van der Waals surface area contributed by atoms with Crippen molar-refractivity contribution in [3.05, 3.63) is 160 Å². The first kappa shape index (κ1) is 38.8. The van der Waals surface area contributed by atoms with Crippen LogP contribution in [0.5, 0.6) is 0 Å². The van der Waals surface area contributed by atoms with Crippen LogP contribution in [0.2, 0.25) is 0 Å². The van der Waals surface area contributed by atoms with E-state index in [1.54, 1.807) is 0 Å². The van der Waals surface area contributed by atoms with Gasteiger partial charge in [0.25, 0.3) is 0 Å². The van der Waals surface area contributed by atoms with Crippen molar-refractivity contribution in [2.24, 2.45) is 0 Å². The first-order valence-electron chi connectivity index (χ1n) is 23.3. The minimum atomic E-state index is -0.157. The van der Waals surface area contributed by atoms with Crippen molar-refractivity contribution < 1.29 is 0 Å². The molecule has 312 valence electrons. The van der Waals surface area contributed by atoms with Crippen LogP contribution in [-0.4, -0.2) is 11.4 Å². The summed E-state index contributed by atoms with van der Waals surface area (Å²) in [7, 11) is 0. The van der Waals surface area contributed by atoms with Crippen LogP contribution in [0.4, 0.5) is 11.4 Å². The van der Waals surface area contributed by atoms with Crippen molar-refractivity contribution in [3.8, 4) is 39.1 Å². The maximum absolute atomic E-state index is 2.73. The van der Waals surface area contributed by atoms with Crippen LogP contribution in [0.25, 0.3) is 60.9 Å². The van der Waals surface area contributed by atoms with Gasteiger partial charge in [0, 0.05) is 44.2 Å². The van der Waals surface area contributed by atoms with E-state index in [0.717, 1.165) is 0 Å². The third-order valence-corrected chi connectivity index (χ3v) is 15.9. The summed E-state index contributed by atoms with van der Waals surface area (Å²) in [6, 6.07) is 48.5. The van der Waals surface area contributed by atoms with Gasteiger partial charge in [-0.2, -0.15) is 0 Å². The monoisotopic (exact) mass is 818 g/mol. The minimum absolute atomic E-state index is 0.0200. The Kier molecular flexibility index (Phi) is 7.43. The highest BCUT2D eigenvalue weighted by atomic mass is 15.1. The summed E-state index contributed by atoms with van der Waals surface area (Å²) in [5.41, 5.74) is 27.0. The van der Waals surface area contributed by atoms with Crippen molar-refractivity contribution in [2.75, 3.05) is 4.81 Å². The van der Waals surface area contributed by atoms with Gasteiger partial charge in [-0.3, -0.25) is 0 Å². The number of hydrogen-bond acceptors (Lipinski definition) is 1. The normalized spacial score (nSPS) is 16.2. The SMILES string of the molecule is CC(C)(C)c1ccc(N2B3c4cc(C(C)(C)C)ccc4-n4c5cc6c(cc5c5ccc(c3c54)-c3cc4c(cc32)C(C)(C)c2cc(C(C)(C)C)ccc2-4)-c2ccccc2C6(C)C)cc1. The predicted molar refractivity (Wildman–Crippen MR) is 271 cm³/mol. The van der Waals surface area contributed by atoms with E-state index >= 15 is 0 Å². The lowest BCUT2D eigenvalue weighted by Gasteiger charge is -2.43. The summed E-state index contributed by atoms with van der Waals surface area (Å²) < 4.78 is 2.66. The zero-order valence-corrected chi connectivity index (χ0v) is 39.5. The maximum atomic E-state index is 2.73. The molecule has 0 unspecified atom stereocenters. The summed E-state index contributed by atoms with van der Waals surface area (Å²) in [6.07, 6.45) is 0. The third-order valence-electron chi connectivity index (χ3n) is 15.9. The minimum Gasteiger partial charge on any atom is -0.376 e. The molecule has 0 radical (unpaired) electrons. The second-order valence-electron chi connectivity index (χ2n) is 23.5. The fourth-order valence-corrected chi connectivity index (χ4v) is 12.2. The molecule has 2 aliphatic heterocycles. The van der Waals surface area contributed by atoms with Gasteiger partial charge in [0.2, 0.25) is 0 Å². The number of hydrogen-bond donors (Lipinski definition) is 0. The lowest BCUT2D eigenvalue weighted by Crippen LogP contribution is -2.60. The van der Waals surface area contributed by atoms with Gasteiger partial charge in [-0.15, -0.1) is 0 Å². The van der Waals surface area contributed by atoms with E-state index < -0.39 is 0 Å². The van der Waals surface area contributed by atoms with E-state index in [1.165, 1.54) is 122 Å². The van der Waals surface area contributed by atoms with Gasteiger partial charge < -0.3 is 9.38 Å². The average molecular weight is 819 g/mol. The molecule has 0 amide bonds. The summed E-state index contributed by atoms with van der Waals surface area (Å²) in [5.74, 6) is 0. The largest absolute Gasteiger partial charge is 0.376 e. The van der Waals surface area contributed by atoms with Crippen molar-refractivity contribution in [3.63, 3.8) is 0 Å². The zero-order chi connectivity index (χ0) is 44.1. The quantitative estimate of drug-likeness (QED) is 0.150. The molecular formula is C60H59BN2. The van der Waals surface area contributed by atoms with Gasteiger partial charge in [0.1, 0.15) is 0 Å². The van der Waals surface area contributed by atoms with Crippen molar-refractivity contribution in [1.29, 1.82) is 0 Å². The Morgan fingerprint density at radius 1 is 0.429 bits per heavy atom. The molecule has 0 spiro atoms. The second kappa shape index (κ2) is 12.1. The van der Waals surface area contributed by atoms with E-state index in [2.05, 4.69) is 221 Å². The molecule has 12 rings (SSSR count). The van der Waals surface area contributed by atoms with Crippen molar-refractivity contribution in [2.45, 2.75) is 117 Å². The molecule has 0 saturated heterocycles. The predicted octanol–water partition coefficient (Wildman–Crippen LogP) is 14.5. The first-order valence-corrected chi connectivity index (χ1v) is 23.3. The van der Waals surface area contributed by atoms with E-state index in [0.29, 0.717) is 0 Å². The van der Waals surface area contributed by atoms with Gasteiger partial charge in [0.15, 0.2) is 0 Å². The van der Waals surface area contributed by atoms with Crippen LogP contribution >= 0.6 is 0 Å². The van der Waals surface area contributed by atoms with E-state index in [9.17, 15) is 0 Å². The summed E-state index contributed by atoms with van der Waals surface area (Å²) in [4.78, 5) is 2.73. The number of rotatable bonds is 1. The highest BCUT2D eigenvalue weighted by molar-refractivity contribution is 6.93. The van der Waals surface area contributed by atoms with Crippen LogP contribution in [-0.2, 0) is 27.1 Å². The molecule has 0 saturated carbocycles. The molecule has 0 bridgehead atoms. The summed E-state index contributed by atoms with van der Waals surface area (Å²) >= 11 is 0. The molecule has 2 aliphatic carbocycles. The van der Waals surface area contributed by atoms with Crippen LogP contribution < -0.4 is 15.7 Å². The van der Waals surface area contributed by atoms with Crippen LogP contribution in [0.1, 0.15) is 129 Å². The van der Waals surface area contributed by atoms with Crippen LogP contribution in [0, 0.1) is 0 Å². The number of fused-ring (bicyclic) bond motifs is 14. The molecule has 4 aliphatic rings. The number of benzene rings is 7. The van der Waals surface area contributed by atoms with Crippen LogP contribution in [0.3, 0.4) is 0 Å². The first-order chi connectivity index (χ1) is 29.7. The van der Waals surface area contributed by atoms with Crippen molar-refractivity contribution in [1.82, 2.24) is 4.57 Å². The Morgan fingerprint density at radius 3 is 1.71 bits per heavy atom. The number of aromatic nitrogens is 1. The summed E-state index contributed by atoms with van der Waals surface area (Å²) in [6.45, 7) is 30.7. The van der Waals surface area contributed by atoms with E-state index in [-0.39, 0.29) is 33.9 Å². The van der Waals surface area contributed by atoms with E-state index in [1.807, 2.05) is 0 Å². The highest BCUT2D eigenvalue weighted by Crippen LogP contribution is 2.56. The topological polar surface area (TPSA) is 8.17 Å². The van der Waals surface area contributed by atoms with Crippen molar-refractivity contribution >= 4 is 51.0 Å². The molecule has 8 aromatic rings. The highest BCUT2D eigenvalue weighted by Gasteiger charge is 2.47. The Bertz CT molecular complexity index is 3330. The fraction of sp³-hybridized carbons (Fsp3) is 0.300. The van der Waals surface area contributed by atoms with Gasteiger partial charge in [-0.05, 0) is 136 Å². The number of anilines is 2. The average Bonchev–Trinajstić information content (AvgIpc) is 3.77. The van der Waals surface area contributed by atoms with E-state index in [4.69, 9.17) is 0 Å². The maximum Gasteiger partial charge on any atom is 0.333 e. The third kappa shape index (κ3) is 5.09. The van der Waals surface area contributed by atoms with Gasteiger partial charge >= 0.3 is 6.85 Å². The molecule has 7 aromatic carbocycles. The van der Waals surface area contributed by atoms with Crippen LogP contribution in [0.15, 0.2) is 121 Å². The molecule has 3 heterocycles. The molecule has 1 aromatic heterocycles. The molecule has 0 N–H and O–H groups in total. The molecule has 63 heavy (non-hydrogen) atoms. The standard InChI is InChI=1S/C60H59BN2/c1-56(2,3)34-18-22-37(23-19-34)63-53-33-49-43(39-24-20-35(57(4,5)6)28-47(39)60(49,12)13)30-44(53)40-25-26-41-45-31-42-38-16-14-15-17-46(38)59(10,11)48(42)32-52(45)62-51-27-21-36(58(7,8)9)29-50(51)61(63)54(40)55(41)62/h14-33H,1-13H3. The lowest BCUT2D eigenvalue weighted by atomic mass is 9.43. The molecular weight excluding hydrogens is 759 g/mol. The second-order valence-corrected chi connectivity index (χ2v) is 23.5. The lowest BCUT2D eigenvalue weighted by molar-refractivity contribution is 0.584. The molecule has 0 fully saturated rings. The smallest absolute Gasteiger partial charge is 0.333 e. The van der Waals surface area contributed by atoms with Gasteiger partial charge in [-0.25, -0.2) is 0 Å². The summed E-state index contributed by atoms with van der Waals surface area (Å²) in [5, 5.41) is 2.66. The fourth-order valence-electron chi connectivity index (χ4n) is 12.2. The van der Waals surface area contributed by atoms with Gasteiger partial charge in [-0.1, -0.05) is 169 Å². The van der Waals surface area contributed by atoms with Gasteiger partial charge in [0.05, 0.1) is 11.0 Å². The molecule has 0 atom stereocenters. The molecule has 3 heteroatoms. The Labute approximate surface area is 375 Å².